The number of alkyl halides is 3. The number of carbonyl (C=O) groups is 1. The quantitative estimate of drug-likeness (QED) is 0.582. The van der Waals surface area contributed by atoms with Crippen molar-refractivity contribution in [3.63, 3.8) is 0 Å². The molecule has 4 nitrogen and oxygen atoms in total. The number of likely N-dealkylation sites (N-methyl/N-ethyl adjacent to an activating group) is 1. The Balaban J connectivity index is 1.92. The Bertz CT molecular complexity index is 760. The Morgan fingerprint density at radius 3 is 2.20 bits per heavy atom. The van der Waals surface area contributed by atoms with Crippen molar-refractivity contribution in [3.05, 3.63) is 71.3 Å². The Kier molecular flexibility index (Phi) is 9.33. The van der Waals surface area contributed by atoms with Gasteiger partial charge < -0.3 is 10.1 Å². The van der Waals surface area contributed by atoms with Crippen molar-refractivity contribution in [1.82, 2.24) is 10.2 Å². The molecule has 164 valence electrons. The minimum atomic E-state index is -4.35. The second kappa shape index (κ2) is 11.7. The molecular formula is C23H29F3N2O2. The molecule has 0 spiro atoms. The van der Waals surface area contributed by atoms with Crippen LogP contribution in [-0.4, -0.2) is 49.3 Å². The first-order chi connectivity index (χ1) is 14.3. The van der Waals surface area contributed by atoms with Crippen molar-refractivity contribution in [3.8, 4) is 0 Å². The number of hydrogen-bond donors (Lipinski definition) is 1. The largest absolute Gasteiger partial charge is 0.411 e. The van der Waals surface area contributed by atoms with Crippen LogP contribution in [0.5, 0.6) is 0 Å². The number of carbonyl (C=O) groups excluding carboxylic acids is 1. The van der Waals surface area contributed by atoms with Crippen molar-refractivity contribution >= 4 is 5.91 Å². The van der Waals surface area contributed by atoms with Gasteiger partial charge in [0.2, 0.25) is 0 Å². The maximum atomic E-state index is 12.5. The standard InChI is InChI=1S/C23H29F3N2O2/c1-3-28(4-2)21(14-18-8-6-5-7-9-18)15-27-22(29)20-12-10-19(11-13-20)16-30-17-23(24,25)26/h5-13,21H,3-4,14-17H2,1-2H3,(H,27,29). The Morgan fingerprint density at radius 1 is 1.00 bits per heavy atom. The van der Waals surface area contributed by atoms with Crippen LogP contribution >= 0.6 is 0 Å². The summed E-state index contributed by atoms with van der Waals surface area (Å²) in [6, 6.07) is 16.7. The third-order valence-electron chi connectivity index (χ3n) is 4.89. The number of ether oxygens (including phenoxy) is 1. The van der Waals surface area contributed by atoms with Crippen LogP contribution in [0, 0.1) is 0 Å². The maximum Gasteiger partial charge on any atom is 0.411 e. The van der Waals surface area contributed by atoms with Gasteiger partial charge in [0.1, 0.15) is 6.61 Å². The van der Waals surface area contributed by atoms with Crippen LogP contribution in [0.25, 0.3) is 0 Å². The van der Waals surface area contributed by atoms with Crippen molar-refractivity contribution in [2.24, 2.45) is 0 Å². The minimum Gasteiger partial charge on any atom is -0.367 e. The molecule has 0 bridgehead atoms. The van der Waals surface area contributed by atoms with Gasteiger partial charge in [-0.2, -0.15) is 13.2 Å². The monoisotopic (exact) mass is 422 g/mol. The van der Waals surface area contributed by atoms with Crippen LogP contribution in [0.2, 0.25) is 0 Å². The molecule has 0 aliphatic rings. The number of nitrogens with one attached hydrogen (secondary N) is 1. The van der Waals surface area contributed by atoms with Crippen molar-refractivity contribution in [2.45, 2.75) is 39.1 Å². The van der Waals surface area contributed by atoms with Gasteiger partial charge in [-0.05, 0) is 42.8 Å². The average Bonchev–Trinajstić information content (AvgIpc) is 2.73. The van der Waals surface area contributed by atoms with E-state index in [9.17, 15) is 18.0 Å². The first-order valence-electron chi connectivity index (χ1n) is 10.1. The van der Waals surface area contributed by atoms with Crippen molar-refractivity contribution in [2.75, 3.05) is 26.2 Å². The van der Waals surface area contributed by atoms with E-state index in [0.29, 0.717) is 17.7 Å². The Morgan fingerprint density at radius 2 is 1.63 bits per heavy atom. The SMILES string of the molecule is CCN(CC)C(CNC(=O)c1ccc(COCC(F)(F)F)cc1)Cc1ccccc1. The topological polar surface area (TPSA) is 41.6 Å². The molecule has 0 aliphatic heterocycles. The minimum absolute atomic E-state index is 0.150. The summed E-state index contributed by atoms with van der Waals surface area (Å²) in [6.07, 6.45) is -3.51. The number of benzene rings is 2. The van der Waals surface area contributed by atoms with Crippen LogP contribution in [0.4, 0.5) is 13.2 Å². The second-order valence-corrected chi connectivity index (χ2v) is 7.08. The number of amides is 1. The van der Waals surface area contributed by atoms with Crippen LogP contribution < -0.4 is 5.32 Å². The predicted octanol–water partition coefficient (Wildman–Crippen LogP) is 4.45. The first-order valence-corrected chi connectivity index (χ1v) is 10.1. The lowest BCUT2D eigenvalue weighted by molar-refractivity contribution is -0.176. The molecule has 0 aliphatic carbocycles. The van der Waals surface area contributed by atoms with Crippen LogP contribution in [0.1, 0.15) is 35.3 Å². The summed E-state index contributed by atoms with van der Waals surface area (Å²) in [6.45, 7) is 5.04. The molecule has 0 heterocycles. The van der Waals surface area contributed by atoms with Crippen molar-refractivity contribution < 1.29 is 22.7 Å². The summed E-state index contributed by atoms with van der Waals surface area (Å²) in [4.78, 5) is 14.9. The molecule has 1 amide bonds. The summed E-state index contributed by atoms with van der Waals surface area (Å²) >= 11 is 0. The Hall–Kier alpha value is -2.38. The predicted molar refractivity (Wildman–Crippen MR) is 111 cm³/mol. The molecule has 30 heavy (non-hydrogen) atoms. The van der Waals surface area contributed by atoms with Crippen LogP contribution in [0.15, 0.2) is 54.6 Å². The van der Waals surface area contributed by atoms with Gasteiger partial charge in [0.25, 0.3) is 5.91 Å². The fourth-order valence-corrected chi connectivity index (χ4v) is 3.31. The highest BCUT2D eigenvalue weighted by atomic mass is 19.4. The van der Waals surface area contributed by atoms with Crippen LogP contribution in [0.3, 0.4) is 0 Å². The van der Waals surface area contributed by atoms with E-state index in [4.69, 9.17) is 0 Å². The molecule has 0 aromatic heterocycles. The van der Waals surface area contributed by atoms with Crippen LogP contribution in [-0.2, 0) is 17.8 Å². The molecule has 2 rings (SSSR count). The molecule has 1 N–H and O–H groups in total. The third-order valence-corrected chi connectivity index (χ3v) is 4.89. The van der Waals surface area contributed by atoms with Gasteiger partial charge in [-0.3, -0.25) is 9.69 Å². The zero-order valence-electron chi connectivity index (χ0n) is 17.4. The normalized spacial score (nSPS) is 12.7. The van der Waals surface area contributed by atoms with E-state index in [2.05, 4.69) is 40.9 Å². The number of hydrogen-bond acceptors (Lipinski definition) is 3. The van der Waals surface area contributed by atoms with Gasteiger partial charge >= 0.3 is 6.18 Å². The van der Waals surface area contributed by atoms with E-state index in [1.165, 1.54) is 5.56 Å². The Labute approximate surface area is 176 Å². The van der Waals surface area contributed by atoms with Gasteiger partial charge in [-0.25, -0.2) is 0 Å². The zero-order valence-corrected chi connectivity index (χ0v) is 17.4. The first kappa shape index (κ1) is 23.9. The molecule has 0 saturated heterocycles. The number of nitrogens with zero attached hydrogens (tertiary/aromatic N) is 1. The lowest BCUT2D eigenvalue weighted by Gasteiger charge is -2.30. The third kappa shape index (κ3) is 8.16. The molecule has 2 aromatic carbocycles. The molecule has 0 saturated carbocycles. The molecule has 1 unspecified atom stereocenters. The average molecular weight is 422 g/mol. The fourth-order valence-electron chi connectivity index (χ4n) is 3.31. The zero-order chi connectivity index (χ0) is 22.0. The van der Waals surface area contributed by atoms with E-state index < -0.39 is 12.8 Å². The van der Waals surface area contributed by atoms with E-state index in [0.717, 1.165) is 19.5 Å². The summed E-state index contributed by atoms with van der Waals surface area (Å²) in [7, 11) is 0. The maximum absolute atomic E-state index is 12.5. The van der Waals surface area contributed by atoms with Crippen molar-refractivity contribution in [1.29, 1.82) is 0 Å². The summed E-state index contributed by atoms with van der Waals surface area (Å²) in [5.74, 6) is -0.206. The summed E-state index contributed by atoms with van der Waals surface area (Å²) in [5, 5.41) is 2.99. The van der Waals surface area contributed by atoms with E-state index >= 15 is 0 Å². The molecule has 2 aromatic rings. The van der Waals surface area contributed by atoms with Gasteiger partial charge in [0.15, 0.2) is 0 Å². The van der Waals surface area contributed by atoms with E-state index in [1.807, 2.05) is 18.2 Å². The molecule has 1 atom stereocenters. The van der Waals surface area contributed by atoms with E-state index in [1.54, 1.807) is 24.3 Å². The summed E-state index contributed by atoms with van der Waals surface area (Å²) < 4.78 is 41.1. The number of rotatable bonds is 11. The molecule has 0 fully saturated rings. The highest BCUT2D eigenvalue weighted by Crippen LogP contribution is 2.16. The lowest BCUT2D eigenvalue weighted by Crippen LogP contribution is -2.45. The fraction of sp³-hybridized carbons (Fsp3) is 0.435. The lowest BCUT2D eigenvalue weighted by atomic mass is 10.0. The van der Waals surface area contributed by atoms with Gasteiger partial charge in [0, 0.05) is 18.2 Å². The van der Waals surface area contributed by atoms with Gasteiger partial charge in [-0.1, -0.05) is 56.3 Å². The molecule has 7 heteroatoms. The highest BCUT2D eigenvalue weighted by Gasteiger charge is 2.27. The van der Waals surface area contributed by atoms with E-state index in [-0.39, 0.29) is 18.6 Å². The summed E-state index contributed by atoms with van der Waals surface area (Å²) in [5.41, 5.74) is 2.26. The highest BCUT2D eigenvalue weighted by molar-refractivity contribution is 5.94. The van der Waals surface area contributed by atoms with Gasteiger partial charge in [0.05, 0.1) is 6.61 Å². The smallest absolute Gasteiger partial charge is 0.367 e. The second-order valence-electron chi connectivity index (χ2n) is 7.08. The molecular weight excluding hydrogens is 393 g/mol. The molecule has 0 radical (unpaired) electrons. The number of halogens is 3. The van der Waals surface area contributed by atoms with Gasteiger partial charge in [-0.15, -0.1) is 0 Å².